The summed E-state index contributed by atoms with van der Waals surface area (Å²) in [4.78, 5) is 29.6. The average molecular weight is 467 g/mol. The summed E-state index contributed by atoms with van der Waals surface area (Å²) in [6.45, 7) is 4.30. The van der Waals surface area contributed by atoms with Crippen molar-refractivity contribution >= 4 is 40.9 Å². The number of thioether (sulfide) groups is 1. The molecule has 0 spiro atoms. The predicted molar refractivity (Wildman–Crippen MR) is 127 cm³/mol. The van der Waals surface area contributed by atoms with Crippen molar-refractivity contribution in [3.8, 4) is 0 Å². The van der Waals surface area contributed by atoms with E-state index in [1.807, 2.05) is 47.9 Å². The minimum atomic E-state index is -0.247. The van der Waals surface area contributed by atoms with E-state index in [-0.39, 0.29) is 30.0 Å². The fourth-order valence-electron chi connectivity index (χ4n) is 4.40. The second-order valence-corrected chi connectivity index (χ2v) is 9.26. The molecule has 33 heavy (non-hydrogen) atoms. The molecule has 0 saturated carbocycles. The molecule has 3 aromatic rings. The van der Waals surface area contributed by atoms with Gasteiger partial charge in [-0.3, -0.25) is 14.2 Å². The number of furan rings is 1. The Balaban J connectivity index is 1.38. The largest absolute Gasteiger partial charge is 0.467 e. The number of hydrogen-bond acceptors (Lipinski definition) is 7. The van der Waals surface area contributed by atoms with Gasteiger partial charge in [-0.05, 0) is 44.0 Å². The number of para-hydroxylation sites is 2. The highest BCUT2D eigenvalue weighted by Crippen LogP contribution is 2.33. The molecule has 5 rings (SSSR count). The number of hydrogen-bond donors (Lipinski definition) is 1. The molecule has 4 heterocycles. The van der Waals surface area contributed by atoms with Gasteiger partial charge in [0.2, 0.25) is 17.8 Å². The molecule has 1 N–H and O–H groups in total. The second-order valence-electron chi connectivity index (χ2n) is 8.31. The van der Waals surface area contributed by atoms with Crippen LogP contribution >= 0.6 is 11.8 Å². The summed E-state index contributed by atoms with van der Waals surface area (Å²) in [7, 11) is 0. The molecular formula is C23H26N6O3S. The Kier molecular flexibility index (Phi) is 6.08. The number of amides is 2. The monoisotopic (exact) mass is 466 g/mol. The van der Waals surface area contributed by atoms with Gasteiger partial charge < -0.3 is 19.5 Å². The molecule has 9 nitrogen and oxygen atoms in total. The van der Waals surface area contributed by atoms with E-state index in [1.165, 1.54) is 11.8 Å². The van der Waals surface area contributed by atoms with Crippen LogP contribution in [-0.2, 0) is 16.1 Å². The lowest BCUT2D eigenvalue weighted by Crippen LogP contribution is -2.40. The SMILES string of the molecule is CC1CC(=O)Nc2ccccc2N1C(=O)CSc1nnc(N2CCCC2)n1Cc1ccco1. The summed E-state index contributed by atoms with van der Waals surface area (Å²) in [5.41, 5.74) is 1.37. The van der Waals surface area contributed by atoms with Crippen molar-refractivity contribution in [2.24, 2.45) is 0 Å². The molecule has 2 aliphatic rings. The first kappa shape index (κ1) is 21.6. The van der Waals surface area contributed by atoms with Crippen molar-refractivity contribution in [2.75, 3.05) is 34.0 Å². The first-order valence-electron chi connectivity index (χ1n) is 11.1. The highest BCUT2D eigenvalue weighted by atomic mass is 32.2. The molecule has 0 bridgehead atoms. The molecule has 2 aromatic heterocycles. The predicted octanol–water partition coefficient (Wildman–Crippen LogP) is 3.38. The first-order chi connectivity index (χ1) is 16.1. The average Bonchev–Trinajstić information content (AvgIpc) is 3.55. The molecule has 172 valence electrons. The lowest BCUT2D eigenvalue weighted by atomic mass is 10.2. The summed E-state index contributed by atoms with van der Waals surface area (Å²) >= 11 is 1.36. The van der Waals surface area contributed by atoms with Crippen molar-refractivity contribution in [1.82, 2.24) is 14.8 Å². The van der Waals surface area contributed by atoms with Gasteiger partial charge in [-0.2, -0.15) is 0 Å². The Morgan fingerprint density at radius 3 is 2.79 bits per heavy atom. The zero-order chi connectivity index (χ0) is 22.8. The molecular weight excluding hydrogens is 440 g/mol. The van der Waals surface area contributed by atoms with Gasteiger partial charge in [0.25, 0.3) is 0 Å². The highest BCUT2D eigenvalue weighted by molar-refractivity contribution is 7.99. The molecule has 1 atom stereocenters. The molecule has 1 unspecified atom stereocenters. The molecule has 0 aliphatic carbocycles. The van der Waals surface area contributed by atoms with Gasteiger partial charge in [0.15, 0.2) is 5.16 Å². The van der Waals surface area contributed by atoms with Crippen molar-refractivity contribution in [3.63, 3.8) is 0 Å². The lowest BCUT2D eigenvalue weighted by Gasteiger charge is -2.27. The lowest BCUT2D eigenvalue weighted by molar-refractivity contribution is -0.117. The van der Waals surface area contributed by atoms with Gasteiger partial charge in [-0.1, -0.05) is 23.9 Å². The van der Waals surface area contributed by atoms with Crippen LogP contribution in [0.4, 0.5) is 17.3 Å². The van der Waals surface area contributed by atoms with Crippen molar-refractivity contribution in [2.45, 2.75) is 43.9 Å². The van der Waals surface area contributed by atoms with E-state index in [1.54, 1.807) is 11.2 Å². The summed E-state index contributed by atoms with van der Waals surface area (Å²) in [6.07, 6.45) is 4.17. The van der Waals surface area contributed by atoms with Crippen molar-refractivity contribution in [3.05, 3.63) is 48.4 Å². The van der Waals surface area contributed by atoms with Gasteiger partial charge in [0.1, 0.15) is 5.76 Å². The fraction of sp³-hybridized carbons (Fsp3) is 0.391. The van der Waals surface area contributed by atoms with Gasteiger partial charge in [-0.25, -0.2) is 0 Å². The van der Waals surface area contributed by atoms with E-state index in [0.717, 1.165) is 43.3 Å². The zero-order valence-electron chi connectivity index (χ0n) is 18.4. The third-order valence-electron chi connectivity index (χ3n) is 5.93. The summed E-state index contributed by atoms with van der Waals surface area (Å²) in [5, 5.41) is 12.4. The molecule has 2 amide bonds. The van der Waals surface area contributed by atoms with E-state index in [2.05, 4.69) is 20.4 Å². The summed E-state index contributed by atoms with van der Waals surface area (Å²) in [5.74, 6) is 1.63. The summed E-state index contributed by atoms with van der Waals surface area (Å²) in [6, 6.07) is 10.9. The number of rotatable bonds is 6. The molecule has 0 radical (unpaired) electrons. The van der Waals surface area contributed by atoms with Crippen LogP contribution in [0.3, 0.4) is 0 Å². The quantitative estimate of drug-likeness (QED) is 0.556. The maximum atomic E-state index is 13.4. The van der Waals surface area contributed by atoms with Crippen LogP contribution in [0.5, 0.6) is 0 Å². The molecule has 1 fully saturated rings. The van der Waals surface area contributed by atoms with Crippen LogP contribution in [0.15, 0.2) is 52.2 Å². The van der Waals surface area contributed by atoms with Crippen molar-refractivity contribution < 1.29 is 14.0 Å². The van der Waals surface area contributed by atoms with Crippen LogP contribution < -0.4 is 15.1 Å². The van der Waals surface area contributed by atoms with Crippen molar-refractivity contribution in [1.29, 1.82) is 0 Å². The number of nitrogens with zero attached hydrogens (tertiary/aromatic N) is 5. The Morgan fingerprint density at radius 1 is 1.18 bits per heavy atom. The standard InChI is InChI=1S/C23H26N6O3S/c1-16-13-20(30)24-18-8-2-3-9-19(18)29(16)21(31)15-33-23-26-25-22(27-10-4-5-11-27)28(23)14-17-7-6-12-32-17/h2-3,6-9,12,16H,4-5,10-11,13-15H2,1H3,(H,24,30). The van der Waals surface area contributed by atoms with Gasteiger partial charge >= 0.3 is 0 Å². The fourth-order valence-corrected chi connectivity index (χ4v) is 5.19. The van der Waals surface area contributed by atoms with Gasteiger partial charge in [-0.15, -0.1) is 10.2 Å². The number of fused-ring (bicyclic) bond motifs is 1. The number of anilines is 3. The minimum Gasteiger partial charge on any atom is -0.467 e. The molecule has 1 aromatic carbocycles. The Hall–Kier alpha value is -3.27. The van der Waals surface area contributed by atoms with Crippen LogP contribution in [0, 0.1) is 0 Å². The van der Waals surface area contributed by atoms with Gasteiger partial charge in [0.05, 0.1) is 29.9 Å². The van der Waals surface area contributed by atoms with E-state index in [0.29, 0.717) is 17.4 Å². The topological polar surface area (TPSA) is 96.5 Å². The maximum absolute atomic E-state index is 13.4. The number of carbonyl (C=O) groups excluding carboxylic acids is 2. The molecule has 10 heteroatoms. The van der Waals surface area contributed by atoms with E-state index in [9.17, 15) is 9.59 Å². The maximum Gasteiger partial charge on any atom is 0.237 e. The zero-order valence-corrected chi connectivity index (χ0v) is 19.3. The number of aromatic nitrogens is 3. The molecule has 1 saturated heterocycles. The third kappa shape index (κ3) is 4.47. The van der Waals surface area contributed by atoms with Crippen LogP contribution in [0.25, 0.3) is 0 Å². The Morgan fingerprint density at radius 2 is 2.00 bits per heavy atom. The number of benzene rings is 1. The minimum absolute atomic E-state index is 0.0771. The second kappa shape index (κ2) is 9.30. The Bertz CT molecular complexity index is 1140. The van der Waals surface area contributed by atoms with Crippen LogP contribution in [0.1, 0.15) is 31.9 Å². The third-order valence-corrected chi connectivity index (χ3v) is 6.88. The van der Waals surface area contributed by atoms with Crippen LogP contribution in [0.2, 0.25) is 0 Å². The normalized spacial score (nSPS) is 18.2. The van der Waals surface area contributed by atoms with Crippen LogP contribution in [-0.4, -0.2) is 51.5 Å². The number of nitrogens with one attached hydrogen (secondary N) is 1. The smallest absolute Gasteiger partial charge is 0.237 e. The first-order valence-corrected chi connectivity index (χ1v) is 12.1. The van der Waals surface area contributed by atoms with Gasteiger partial charge in [0, 0.05) is 25.6 Å². The molecule has 2 aliphatic heterocycles. The van der Waals surface area contributed by atoms with E-state index in [4.69, 9.17) is 4.42 Å². The highest BCUT2D eigenvalue weighted by Gasteiger charge is 2.30. The summed E-state index contributed by atoms with van der Waals surface area (Å²) < 4.78 is 7.58. The Labute approximate surface area is 196 Å². The number of carbonyl (C=O) groups is 2. The van der Waals surface area contributed by atoms with E-state index >= 15 is 0 Å². The van der Waals surface area contributed by atoms with E-state index < -0.39 is 0 Å².